The van der Waals surface area contributed by atoms with Crippen LogP contribution in [0, 0.1) is 5.92 Å². The molecule has 2 atom stereocenters. The lowest BCUT2D eigenvalue weighted by atomic mass is 9.84. The van der Waals surface area contributed by atoms with E-state index in [0.29, 0.717) is 6.42 Å². The van der Waals surface area contributed by atoms with Crippen molar-refractivity contribution in [2.24, 2.45) is 5.92 Å². The molecule has 0 saturated heterocycles. The van der Waals surface area contributed by atoms with Crippen molar-refractivity contribution in [3.05, 3.63) is 35.9 Å². The van der Waals surface area contributed by atoms with Gasteiger partial charge in [-0.15, -0.1) is 0 Å². The number of carboxylic acid groups (broad SMARTS) is 1. The van der Waals surface area contributed by atoms with E-state index < -0.39 is 12.1 Å². The maximum atomic E-state index is 11.8. The number of amides is 1. The molecule has 0 aromatic heterocycles. The number of hydrogen-bond donors (Lipinski definition) is 2. The van der Waals surface area contributed by atoms with Gasteiger partial charge in [-0.3, -0.25) is 4.79 Å². The number of rotatable bonds is 5. The van der Waals surface area contributed by atoms with Crippen LogP contribution in [0.15, 0.2) is 30.3 Å². The van der Waals surface area contributed by atoms with Crippen LogP contribution in [0.5, 0.6) is 0 Å². The van der Waals surface area contributed by atoms with Gasteiger partial charge in [0.25, 0.3) is 0 Å². The van der Waals surface area contributed by atoms with Crippen LogP contribution in [0.4, 0.5) is 4.79 Å². The Balaban J connectivity index is 1.73. The summed E-state index contributed by atoms with van der Waals surface area (Å²) in [5, 5.41) is 11.7. The molecule has 1 aliphatic rings. The first-order chi connectivity index (χ1) is 10.1. The Morgan fingerprint density at radius 3 is 2.71 bits per heavy atom. The molecule has 0 spiro atoms. The molecule has 5 heteroatoms. The van der Waals surface area contributed by atoms with Crippen molar-refractivity contribution in [3.8, 4) is 0 Å². The van der Waals surface area contributed by atoms with Crippen molar-refractivity contribution in [2.75, 3.05) is 0 Å². The van der Waals surface area contributed by atoms with Gasteiger partial charge in [0, 0.05) is 12.5 Å². The maximum absolute atomic E-state index is 11.8. The Morgan fingerprint density at radius 1 is 1.24 bits per heavy atom. The second kappa shape index (κ2) is 7.67. The Kier molecular flexibility index (Phi) is 5.60. The summed E-state index contributed by atoms with van der Waals surface area (Å²) in [6.45, 7) is 0.248. The first-order valence-corrected chi connectivity index (χ1v) is 7.32. The van der Waals surface area contributed by atoms with Crippen LogP contribution in [0.1, 0.15) is 37.7 Å². The number of carboxylic acids is 1. The zero-order chi connectivity index (χ0) is 15.1. The molecule has 114 valence electrons. The van der Waals surface area contributed by atoms with Crippen molar-refractivity contribution < 1.29 is 19.4 Å². The van der Waals surface area contributed by atoms with Crippen molar-refractivity contribution >= 4 is 12.1 Å². The van der Waals surface area contributed by atoms with Crippen LogP contribution in [0.25, 0.3) is 0 Å². The second-order valence-corrected chi connectivity index (χ2v) is 5.53. The standard InChI is InChI=1S/C16H21NO4/c18-15(19)10-13-7-4-8-14(9-13)17-16(20)21-11-12-5-2-1-3-6-12/h1-3,5-6,13-14H,4,7-11H2,(H,17,20)(H,18,19). The van der Waals surface area contributed by atoms with E-state index in [4.69, 9.17) is 9.84 Å². The van der Waals surface area contributed by atoms with E-state index in [9.17, 15) is 9.59 Å². The van der Waals surface area contributed by atoms with Gasteiger partial charge in [-0.25, -0.2) is 4.79 Å². The monoisotopic (exact) mass is 291 g/mol. The molecule has 0 heterocycles. The number of nitrogens with one attached hydrogen (secondary N) is 1. The summed E-state index contributed by atoms with van der Waals surface area (Å²) < 4.78 is 5.18. The largest absolute Gasteiger partial charge is 0.481 e. The predicted octanol–water partition coefficient (Wildman–Crippen LogP) is 2.95. The molecule has 0 bridgehead atoms. The highest BCUT2D eigenvalue weighted by Crippen LogP contribution is 2.26. The van der Waals surface area contributed by atoms with Crippen molar-refractivity contribution in [1.29, 1.82) is 0 Å². The summed E-state index contributed by atoms with van der Waals surface area (Å²) in [7, 11) is 0. The summed E-state index contributed by atoms with van der Waals surface area (Å²) in [5.41, 5.74) is 0.944. The van der Waals surface area contributed by atoms with Crippen LogP contribution in [-0.4, -0.2) is 23.2 Å². The highest BCUT2D eigenvalue weighted by atomic mass is 16.5. The minimum Gasteiger partial charge on any atom is -0.481 e. The van der Waals surface area contributed by atoms with Gasteiger partial charge in [0.2, 0.25) is 0 Å². The van der Waals surface area contributed by atoms with Crippen molar-refractivity contribution in [3.63, 3.8) is 0 Å². The molecule has 5 nitrogen and oxygen atoms in total. The fraction of sp³-hybridized carbons (Fsp3) is 0.500. The fourth-order valence-corrected chi connectivity index (χ4v) is 2.79. The van der Waals surface area contributed by atoms with E-state index in [0.717, 1.165) is 24.8 Å². The van der Waals surface area contributed by atoms with Gasteiger partial charge < -0.3 is 15.2 Å². The quantitative estimate of drug-likeness (QED) is 0.874. The summed E-state index contributed by atoms with van der Waals surface area (Å²) in [6.07, 6.45) is 3.21. The minimum atomic E-state index is -0.771. The van der Waals surface area contributed by atoms with Gasteiger partial charge in [0.15, 0.2) is 0 Å². The fourth-order valence-electron chi connectivity index (χ4n) is 2.79. The normalized spacial score (nSPS) is 21.5. The Morgan fingerprint density at radius 2 is 2.00 bits per heavy atom. The van der Waals surface area contributed by atoms with Crippen LogP contribution < -0.4 is 5.32 Å². The third-order valence-corrected chi connectivity index (χ3v) is 3.78. The lowest BCUT2D eigenvalue weighted by molar-refractivity contribution is -0.138. The molecule has 1 fully saturated rings. The average Bonchev–Trinajstić information content (AvgIpc) is 2.46. The van der Waals surface area contributed by atoms with Gasteiger partial charge >= 0.3 is 12.1 Å². The van der Waals surface area contributed by atoms with Gasteiger partial charge in [-0.05, 0) is 30.7 Å². The molecule has 0 radical (unpaired) electrons. The van der Waals surface area contributed by atoms with Crippen LogP contribution in [-0.2, 0) is 16.1 Å². The van der Waals surface area contributed by atoms with E-state index in [1.807, 2.05) is 30.3 Å². The summed E-state index contributed by atoms with van der Waals surface area (Å²) in [5.74, 6) is -0.622. The number of alkyl carbamates (subject to hydrolysis) is 1. The second-order valence-electron chi connectivity index (χ2n) is 5.53. The third kappa shape index (κ3) is 5.45. The lowest BCUT2D eigenvalue weighted by Crippen LogP contribution is -2.39. The van der Waals surface area contributed by atoms with Gasteiger partial charge in [0.1, 0.15) is 6.61 Å². The third-order valence-electron chi connectivity index (χ3n) is 3.78. The zero-order valence-electron chi connectivity index (χ0n) is 12.0. The van der Waals surface area contributed by atoms with Gasteiger partial charge in [-0.2, -0.15) is 0 Å². The molecular formula is C16H21NO4. The van der Waals surface area contributed by atoms with E-state index in [1.54, 1.807) is 0 Å². The SMILES string of the molecule is O=C(O)CC1CCCC(NC(=O)OCc2ccccc2)C1. The maximum Gasteiger partial charge on any atom is 0.407 e. The smallest absolute Gasteiger partial charge is 0.407 e. The predicted molar refractivity (Wildman–Crippen MR) is 77.8 cm³/mol. The molecule has 2 rings (SSSR count). The van der Waals surface area contributed by atoms with E-state index in [-0.39, 0.29) is 25.0 Å². The highest BCUT2D eigenvalue weighted by molar-refractivity contribution is 5.68. The van der Waals surface area contributed by atoms with E-state index >= 15 is 0 Å². The Labute approximate surface area is 124 Å². The molecule has 21 heavy (non-hydrogen) atoms. The number of benzene rings is 1. The summed E-state index contributed by atoms with van der Waals surface area (Å²) in [4.78, 5) is 22.5. The van der Waals surface area contributed by atoms with Gasteiger partial charge in [0.05, 0.1) is 0 Å². The Bertz CT molecular complexity index is 474. The number of ether oxygens (including phenoxy) is 1. The highest BCUT2D eigenvalue weighted by Gasteiger charge is 2.25. The Hall–Kier alpha value is -2.04. The number of carbonyl (C=O) groups excluding carboxylic acids is 1. The molecular weight excluding hydrogens is 270 g/mol. The van der Waals surface area contributed by atoms with Crippen LogP contribution >= 0.6 is 0 Å². The first kappa shape index (κ1) is 15.4. The zero-order valence-corrected chi connectivity index (χ0v) is 12.0. The molecule has 1 aromatic carbocycles. The average molecular weight is 291 g/mol. The number of hydrogen-bond acceptors (Lipinski definition) is 3. The van der Waals surface area contributed by atoms with Gasteiger partial charge in [-0.1, -0.05) is 36.8 Å². The molecule has 1 aliphatic carbocycles. The van der Waals surface area contributed by atoms with Crippen LogP contribution in [0.2, 0.25) is 0 Å². The molecule has 1 amide bonds. The number of aliphatic carboxylic acids is 1. The van der Waals surface area contributed by atoms with E-state index in [1.165, 1.54) is 0 Å². The van der Waals surface area contributed by atoms with Crippen molar-refractivity contribution in [2.45, 2.75) is 44.8 Å². The van der Waals surface area contributed by atoms with Crippen molar-refractivity contribution in [1.82, 2.24) is 5.32 Å². The van der Waals surface area contributed by atoms with Crippen LogP contribution in [0.3, 0.4) is 0 Å². The minimum absolute atomic E-state index is 0.0198. The summed E-state index contributed by atoms with van der Waals surface area (Å²) in [6, 6.07) is 9.52. The molecule has 0 aliphatic heterocycles. The molecule has 2 unspecified atom stereocenters. The van der Waals surface area contributed by atoms with E-state index in [2.05, 4.69) is 5.32 Å². The first-order valence-electron chi connectivity index (χ1n) is 7.32. The molecule has 1 saturated carbocycles. The molecule has 2 N–H and O–H groups in total. The summed E-state index contributed by atoms with van der Waals surface area (Å²) >= 11 is 0. The lowest BCUT2D eigenvalue weighted by Gasteiger charge is -2.28. The molecule has 1 aromatic rings. The number of carbonyl (C=O) groups is 2. The topological polar surface area (TPSA) is 75.6 Å².